The average Bonchev–Trinajstić information content (AvgIpc) is 2.50. The van der Waals surface area contributed by atoms with Crippen molar-refractivity contribution in [2.24, 2.45) is 0 Å². The molecule has 0 spiro atoms. The van der Waals surface area contributed by atoms with E-state index in [-0.39, 0.29) is 0 Å². The second-order valence-corrected chi connectivity index (χ2v) is 6.54. The second kappa shape index (κ2) is 20.0. The molecule has 1 heteroatoms. The Balaban J connectivity index is 2.90. The molecule has 0 bridgehead atoms. The van der Waals surface area contributed by atoms with Gasteiger partial charge in [-0.2, -0.15) is 0 Å². The van der Waals surface area contributed by atoms with E-state index >= 15 is 0 Å². The van der Waals surface area contributed by atoms with Crippen molar-refractivity contribution in [3.05, 3.63) is 6.42 Å². The van der Waals surface area contributed by atoms with E-state index in [2.05, 4.69) is 13.3 Å². The van der Waals surface area contributed by atoms with Crippen LogP contribution in [0.15, 0.2) is 0 Å². The summed E-state index contributed by atoms with van der Waals surface area (Å²) < 4.78 is 0. The van der Waals surface area contributed by atoms with Crippen molar-refractivity contribution < 1.29 is 5.11 Å². The van der Waals surface area contributed by atoms with Gasteiger partial charge in [-0.3, -0.25) is 0 Å². The zero-order valence-corrected chi connectivity index (χ0v) is 14.8. The van der Waals surface area contributed by atoms with Crippen LogP contribution in [0, 0.1) is 6.42 Å². The van der Waals surface area contributed by atoms with E-state index in [1.807, 2.05) is 0 Å². The van der Waals surface area contributed by atoms with Crippen LogP contribution in [0.3, 0.4) is 0 Å². The number of hydrogen-bond donors (Lipinski definition) is 1. The van der Waals surface area contributed by atoms with Gasteiger partial charge in [0.2, 0.25) is 0 Å². The minimum Gasteiger partial charge on any atom is -0.396 e. The summed E-state index contributed by atoms with van der Waals surface area (Å²) in [6.07, 6.45) is 25.7. The molecule has 0 rings (SSSR count). The second-order valence-electron chi connectivity index (χ2n) is 6.54. The van der Waals surface area contributed by atoms with E-state index in [0.717, 1.165) is 12.8 Å². The summed E-state index contributed by atoms with van der Waals surface area (Å²) in [6, 6.07) is 0. The largest absolute Gasteiger partial charge is 0.396 e. The van der Waals surface area contributed by atoms with Crippen molar-refractivity contribution in [3.63, 3.8) is 0 Å². The fourth-order valence-electron chi connectivity index (χ4n) is 2.85. The Bertz CT molecular complexity index is 149. The van der Waals surface area contributed by atoms with E-state index in [1.54, 1.807) is 0 Å². The van der Waals surface area contributed by atoms with Gasteiger partial charge in [-0.1, -0.05) is 110 Å². The first kappa shape index (κ1) is 21.0. The van der Waals surface area contributed by atoms with Crippen molar-refractivity contribution in [2.45, 2.75) is 116 Å². The van der Waals surface area contributed by atoms with Crippen LogP contribution in [-0.2, 0) is 0 Å². The highest BCUT2D eigenvalue weighted by molar-refractivity contribution is 4.64. The van der Waals surface area contributed by atoms with Crippen LogP contribution in [0.4, 0.5) is 0 Å². The Morgan fingerprint density at radius 3 is 1.33 bits per heavy atom. The summed E-state index contributed by atoms with van der Waals surface area (Å²) in [5, 5.41) is 8.68. The highest BCUT2D eigenvalue weighted by Gasteiger charge is 1.94. The molecule has 0 atom stereocenters. The summed E-state index contributed by atoms with van der Waals surface area (Å²) in [4.78, 5) is 0. The Labute approximate surface area is 134 Å². The summed E-state index contributed by atoms with van der Waals surface area (Å²) in [6.45, 7) is 2.64. The minimum atomic E-state index is 0.354. The van der Waals surface area contributed by atoms with E-state index in [0.29, 0.717) is 6.61 Å². The predicted octanol–water partition coefficient (Wildman–Crippen LogP) is 6.83. The van der Waals surface area contributed by atoms with E-state index < -0.39 is 0 Å². The summed E-state index contributed by atoms with van der Waals surface area (Å²) in [5.74, 6) is 0. The molecule has 127 valence electrons. The lowest BCUT2D eigenvalue weighted by molar-refractivity contribution is 0.284. The number of aliphatic hydroxyl groups is 1. The van der Waals surface area contributed by atoms with Crippen LogP contribution < -0.4 is 0 Å². The molecule has 0 unspecified atom stereocenters. The van der Waals surface area contributed by atoms with Gasteiger partial charge in [-0.15, -0.1) is 0 Å². The Kier molecular flexibility index (Phi) is 19.9. The van der Waals surface area contributed by atoms with Crippen molar-refractivity contribution in [2.75, 3.05) is 6.61 Å². The third kappa shape index (κ3) is 20.0. The topological polar surface area (TPSA) is 20.2 Å². The number of aliphatic hydroxyl groups excluding tert-OH is 1. The summed E-state index contributed by atoms with van der Waals surface area (Å²) in [7, 11) is 0. The predicted molar refractivity (Wildman–Crippen MR) is 95.5 cm³/mol. The number of rotatable bonds is 18. The van der Waals surface area contributed by atoms with Crippen molar-refractivity contribution in [1.29, 1.82) is 0 Å². The fourth-order valence-corrected chi connectivity index (χ4v) is 2.85. The summed E-state index contributed by atoms with van der Waals surface area (Å²) >= 11 is 0. The van der Waals surface area contributed by atoms with Crippen LogP contribution in [0.1, 0.15) is 116 Å². The van der Waals surface area contributed by atoms with Gasteiger partial charge in [0.1, 0.15) is 0 Å². The molecule has 1 nitrogen and oxygen atoms in total. The third-order valence-electron chi connectivity index (χ3n) is 4.33. The molecule has 0 aliphatic heterocycles. The van der Waals surface area contributed by atoms with Crippen molar-refractivity contribution in [1.82, 2.24) is 0 Å². The van der Waals surface area contributed by atoms with Crippen LogP contribution >= 0.6 is 0 Å². The monoisotopic (exact) mass is 297 g/mol. The quantitative estimate of drug-likeness (QED) is 0.275. The lowest BCUT2D eigenvalue weighted by Crippen LogP contribution is -1.85. The van der Waals surface area contributed by atoms with Gasteiger partial charge in [-0.25, -0.2) is 0 Å². The van der Waals surface area contributed by atoms with Gasteiger partial charge in [0, 0.05) is 6.61 Å². The lowest BCUT2D eigenvalue weighted by atomic mass is 10.0. The van der Waals surface area contributed by atoms with Crippen LogP contribution in [0.5, 0.6) is 0 Å². The first-order valence-electron chi connectivity index (χ1n) is 9.84. The van der Waals surface area contributed by atoms with Gasteiger partial charge >= 0.3 is 0 Å². The molecule has 0 aromatic carbocycles. The maximum absolute atomic E-state index is 8.68. The lowest BCUT2D eigenvalue weighted by Gasteiger charge is -2.03. The van der Waals surface area contributed by atoms with E-state index in [4.69, 9.17) is 5.11 Å². The maximum atomic E-state index is 8.68. The summed E-state index contributed by atoms with van der Waals surface area (Å²) in [5.41, 5.74) is 0. The molecule has 0 saturated carbocycles. The highest BCUT2D eigenvalue weighted by Crippen LogP contribution is 2.13. The Morgan fingerprint density at radius 1 is 0.524 bits per heavy atom. The van der Waals surface area contributed by atoms with Crippen LogP contribution in [0.25, 0.3) is 0 Å². The Morgan fingerprint density at radius 2 is 0.905 bits per heavy atom. The molecule has 0 aliphatic carbocycles. The van der Waals surface area contributed by atoms with Crippen LogP contribution in [-0.4, -0.2) is 11.7 Å². The zero-order valence-electron chi connectivity index (χ0n) is 14.8. The minimum absolute atomic E-state index is 0.354. The normalized spacial score (nSPS) is 11.1. The molecule has 0 saturated heterocycles. The van der Waals surface area contributed by atoms with Gasteiger partial charge in [0.25, 0.3) is 0 Å². The smallest absolute Gasteiger partial charge is 0.0431 e. The molecule has 0 heterocycles. The molecule has 0 aromatic rings. The molecular weight excluding hydrogens is 256 g/mol. The first-order chi connectivity index (χ1) is 10.4. The molecular formula is C20H41O. The standard InChI is InChI=1S/C20H41O/c1-2-3-4-5-6-7-8-9-10-11-12-13-14-15-16-17-18-19-20-21/h16,21H,2-15,17-20H2,1H3. The Hall–Kier alpha value is -0.0400. The average molecular weight is 298 g/mol. The number of hydrogen-bond acceptors (Lipinski definition) is 1. The molecule has 0 aromatic heterocycles. The first-order valence-corrected chi connectivity index (χ1v) is 9.84. The van der Waals surface area contributed by atoms with Crippen LogP contribution in [0.2, 0.25) is 0 Å². The van der Waals surface area contributed by atoms with Gasteiger partial charge < -0.3 is 5.11 Å². The molecule has 0 aliphatic rings. The molecule has 1 N–H and O–H groups in total. The van der Waals surface area contributed by atoms with Crippen molar-refractivity contribution in [3.8, 4) is 0 Å². The van der Waals surface area contributed by atoms with Gasteiger partial charge in [-0.05, 0) is 12.8 Å². The molecule has 1 radical (unpaired) electrons. The molecule has 0 fully saturated rings. The molecule has 0 amide bonds. The van der Waals surface area contributed by atoms with E-state index in [1.165, 1.54) is 96.3 Å². The maximum Gasteiger partial charge on any atom is 0.0431 e. The number of unbranched alkanes of at least 4 members (excludes halogenated alkanes) is 17. The molecule has 21 heavy (non-hydrogen) atoms. The van der Waals surface area contributed by atoms with Gasteiger partial charge in [0.05, 0.1) is 0 Å². The fraction of sp³-hybridized carbons (Fsp3) is 0.950. The highest BCUT2D eigenvalue weighted by atomic mass is 16.2. The van der Waals surface area contributed by atoms with Gasteiger partial charge in [0.15, 0.2) is 0 Å². The SMILES string of the molecule is CCCCCCCCCCCCCCC[CH]CCCCO. The van der Waals surface area contributed by atoms with Crippen molar-refractivity contribution >= 4 is 0 Å². The zero-order chi connectivity index (χ0) is 15.4. The third-order valence-corrected chi connectivity index (χ3v) is 4.33. The van der Waals surface area contributed by atoms with E-state index in [9.17, 15) is 0 Å².